The molecule has 7 rings (SSSR count). The van der Waals surface area contributed by atoms with Gasteiger partial charge in [-0.1, -0.05) is 36.4 Å². The predicted molar refractivity (Wildman–Crippen MR) is 186 cm³/mol. The summed E-state index contributed by atoms with van der Waals surface area (Å²) in [6.45, 7) is 3.63. The van der Waals surface area contributed by atoms with Gasteiger partial charge in [-0.3, -0.25) is 9.36 Å². The number of hydrogen-bond acceptors (Lipinski definition) is 6. The minimum Gasteiger partial charge on any atom is -0.345 e. The molecule has 242 valence electrons. The molecule has 1 saturated heterocycles. The summed E-state index contributed by atoms with van der Waals surface area (Å²) in [7, 11) is 1.49. The molecule has 0 spiro atoms. The van der Waals surface area contributed by atoms with Crippen molar-refractivity contribution in [1.82, 2.24) is 28.3 Å². The monoisotopic (exact) mass is 650 g/mol. The van der Waals surface area contributed by atoms with Gasteiger partial charge in [0.05, 0.1) is 11.0 Å². The molecule has 1 aliphatic carbocycles. The quantitative estimate of drug-likeness (QED) is 0.267. The van der Waals surface area contributed by atoms with Crippen molar-refractivity contribution in [3.8, 4) is 11.1 Å². The van der Waals surface area contributed by atoms with Crippen LogP contribution >= 0.6 is 0 Å². The number of nitrogens with zero attached hydrogens (tertiary/aromatic N) is 5. The summed E-state index contributed by atoms with van der Waals surface area (Å²) in [5.74, 6) is -0.107. The smallest absolute Gasteiger partial charge is 0.326 e. The van der Waals surface area contributed by atoms with E-state index in [0.29, 0.717) is 22.2 Å². The van der Waals surface area contributed by atoms with Crippen molar-refractivity contribution in [2.45, 2.75) is 37.0 Å². The third-order valence-electron chi connectivity index (χ3n) is 9.61. The molecule has 1 fully saturated rings. The van der Waals surface area contributed by atoms with E-state index >= 15 is 0 Å². The molecule has 1 unspecified atom stereocenters. The van der Waals surface area contributed by atoms with E-state index in [1.165, 1.54) is 8.87 Å². The van der Waals surface area contributed by atoms with Gasteiger partial charge in [0.25, 0.3) is 5.91 Å². The molecule has 0 radical (unpaired) electrons. The Balaban J connectivity index is 1.25. The van der Waals surface area contributed by atoms with E-state index in [1.54, 1.807) is 51.6 Å². The maximum Gasteiger partial charge on any atom is 0.326 e. The number of piperidine rings is 1. The Kier molecular flexibility index (Phi) is 7.56. The molecule has 3 aromatic heterocycles. The van der Waals surface area contributed by atoms with Gasteiger partial charge in [0.2, 0.25) is 10.0 Å². The van der Waals surface area contributed by atoms with E-state index < -0.39 is 14.8 Å². The predicted octanol–water partition coefficient (Wildman–Crippen LogP) is 5.29. The fourth-order valence-electron chi connectivity index (χ4n) is 6.86. The maximum atomic E-state index is 14.6. The van der Waals surface area contributed by atoms with Crippen molar-refractivity contribution in [1.29, 1.82) is 0 Å². The highest BCUT2D eigenvalue weighted by atomic mass is 32.2. The van der Waals surface area contributed by atoms with Crippen LogP contribution in [0.3, 0.4) is 0 Å². The maximum absolute atomic E-state index is 14.6. The Hall–Kier alpha value is -4.74. The van der Waals surface area contributed by atoms with Gasteiger partial charge in [-0.15, -0.1) is 0 Å². The molecule has 5 aromatic rings. The first-order valence-electron chi connectivity index (χ1n) is 15.8. The van der Waals surface area contributed by atoms with Crippen molar-refractivity contribution in [3.63, 3.8) is 0 Å². The molecule has 1 atom stereocenters. The van der Waals surface area contributed by atoms with E-state index in [-0.39, 0.29) is 24.1 Å². The fraction of sp³-hybridized carbons (Fsp3) is 0.306. The number of H-pyrrole nitrogens is 1. The molecule has 10 nitrogen and oxygen atoms in total. The van der Waals surface area contributed by atoms with Crippen molar-refractivity contribution >= 4 is 43.6 Å². The molecule has 2 aliphatic rings. The Morgan fingerprint density at radius 1 is 1.04 bits per heavy atom. The van der Waals surface area contributed by atoms with Crippen molar-refractivity contribution in [3.05, 3.63) is 107 Å². The topological polar surface area (TPSA) is 113 Å². The second kappa shape index (κ2) is 11.5. The minimum absolute atomic E-state index is 0.107. The van der Waals surface area contributed by atoms with Crippen LogP contribution in [0, 0.1) is 0 Å². The van der Waals surface area contributed by atoms with Gasteiger partial charge < -0.3 is 14.8 Å². The van der Waals surface area contributed by atoms with Gasteiger partial charge in [0, 0.05) is 49.0 Å². The second-order valence-corrected chi connectivity index (χ2v) is 15.4. The third kappa shape index (κ3) is 5.23. The summed E-state index contributed by atoms with van der Waals surface area (Å²) in [4.78, 5) is 36.8. The lowest BCUT2D eigenvalue weighted by molar-refractivity contribution is 0.0827. The van der Waals surface area contributed by atoms with Crippen LogP contribution in [0.4, 0.5) is 0 Å². The number of fused-ring (bicyclic) bond motifs is 2. The molecule has 1 aliphatic heterocycles. The molecular formula is C36H38N6O4S. The zero-order valence-corrected chi connectivity index (χ0v) is 27.8. The Morgan fingerprint density at radius 2 is 1.77 bits per heavy atom. The molecule has 1 amide bonds. The summed E-state index contributed by atoms with van der Waals surface area (Å²) in [5.41, 5.74) is 5.46. The van der Waals surface area contributed by atoms with Crippen LogP contribution in [0.2, 0.25) is 0 Å². The number of carbonyl (C=O) groups is 1. The number of likely N-dealkylation sites (tertiary alicyclic amines) is 1. The molecule has 47 heavy (non-hydrogen) atoms. The van der Waals surface area contributed by atoms with Gasteiger partial charge in [0.15, 0.2) is 5.65 Å². The van der Waals surface area contributed by atoms with Gasteiger partial charge in [-0.05, 0) is 99.4 Å². The average molecular weight is 651 g/mol. The SMILES string of the molecule is CN1CCC(n2c(=O)[nH]c3cc(C4=CC(C)(S(=O)(=O)n5cc(-c6ccc(C(=O)N(C)C)cc6)c6cccnc65)CC=C4)ccc32)CC1. The van der Waals surface area contributed by atoms with Crippen LogP contribution in [0.25, 0.3) is 38.8 Å². The van der Waals surface area contributed by atoms with Crippen LogP contribution < -0.4 is 5.69 Å². The van der Waals surface area contributed by atoms with Crippen molar-refractivity contribution < 1.29 is 13.2 Å². The van der Waals surface area contributed by atoms with Gasteiger partial charge >= 0.3 is 5.69 Å². The number of amides is 1. The first kappa shape index (κ1) is 30.9. The normalized spacial score (nSPS) is 19.4. The lowest BCUT2D eigenvalue weighted by Gasteiger charge is -2.29. The first-order valence-corrected chi connectivity index (χ1v) is 17.3. The highest BCUT2D eigenvalue weighted by Gasteiger charge is 2.41. The number of imidazole rings is 1. The first-order chi connectivity index (χ1) is 22.5. The number of pyridine rings is 1. The van der Waals surface area contributed by atoms with E-state index in [9.17, 15) is 18.0 Å². The second-order valence-electron chi connectivity index (χ2n) is 13.1. The van der Waals surface area contributed by atoms with E-state index in [0.717, 1.165) is 53.7 Å². The number of allylic oxidation sites excluding steroid dienone is 3. The summed E-state index contributed by atoms with van der Waals surface area (Å²) in [5, 5.41) is 0.699. The summed E-state index contributed by atoms with van der Waals surface area (Å²) >= 11 is 0. The molecule has 4 heterocycles. The zero-order chi connectivity index (χ0) is 33.1. The summed E-state index contributed by atoms with van der Waals surface area (Å²) in [6.07, 6.45) is 11.0. The average Bonchev–Trinajstić information content (AvgIpc) is 3.62. The number of benzene rings is 2. The highest BCUT2D eigenvalue weighted by Crippen LogP contribution is 2.39. The lowest BCUT2D eigenvalue weighted by Crippen LogP contribution is -2.38. The molecular weight excluding hydrogens is 613 g/mol. The largest absolute Gasteiger partial charge is 0.345 e. The minimum atomic E-state index is -4.01. The Morgan fingerprint density at radius 3 is 2.49 bits per heavy atom. The number of hydrogen-bond donors (Lipinski definition) is 1. The molecule has 2 aromatic carbocycles. The standard InChI is InChI=1S/C36H38N6O4S/c1-36(17-5-7-27(22-36)26-13-14-32-31(21-26)38-35(44)42(32)28-15-19-40(4)20-16-28)47(45,46)41-23-30(29-8-6-18-37-33(29)41)24-9-11-25(12-10-24)34(43)39(2)3/h5-14,18,21-23,28H,15-17,19-20H2,1-4H3,(H,38,44). The number of aromatic amines is 1. The molecule has 11 heteroatoms. The van der Waals surface area contributed by atoms with Gasteiger partial charge in [-0.25, -0.2) is 22.2 Å². The van der Waals surface area contributed by atoms with E-state index in [1.807, 2.05) is 59.2 Å². The molecule has 1 N–H and O–H groups in total. The zero-order valence-electron chi connectivity index (χ0n) is 27.0. The summed E-state index contributed by atoms with van der Waals surface area (Å²) < 4.78 is 31.0. The van der Waals surface area contributed by atoms with Crippen molar-refractivity contribution in [2.75, 3.05) is 34.2 Å². The molecule has 0 saturated carbocycles. The van der Waals surface area contributed by atoms with Crippen LogP contribution in [0.5, 0.6) is 0 Å². The highest BCUT2D eigenvalue weighted by molar-refractivity contribution is 7.91. The van der Waals surface area contributed by atoms with Crippen LogP contribution in [0.1, 0.15) is 48.1 Å². The van der Waals surface area contributed by atoms with Gasteiger partial charge in [0.1, 0.15) is 4.75 Å². The number of carbonyl (C=O) groups excluding carboxylic acids is 1. The van der Waals surface area contributed by atoms with Crippen LogP contribution in [-0.4, -0.2) is 81.6 Å². The Labute approximate surface area is 273 Å². The fourth-order valence-corrected chi connectivity index (χ4v) is 8.51. The van der Waals surface area contributed by atoms with E-state index in [2.05, 4.69) is 21.9 Å². The lowest BCUT2D eigenvalue weighted by atomic mass is 9.92. The van der Waals surface area contributed by atoms with Gasteiger partial charge in [-0.2, -0.15) is 0 Å². The number of aromatic nitrogens is 4. The Bertz CT molecular complexity index is 2250. The van der Waals surface area contributed by atoms with Crippen LogP contribution in [-0.2, 0) is 10.0 Å². The number of rotatable bonds is 6. The molecule has 0 bridgehead atoms. The van der Waals surface area contributed by atoms with Crippen molar-refractivity contribution in [2.24, 2.45) is 0 Å². The summed E-state index contributed by atoms with van der Waals surface area (Å²) in [6, 6.07) is 16.8. The van der Waals surface area contributed by atoms with E-state index in [4.69, 9.17) is 0 Å². The van der Waals surface area contributed by atoms with Crippen LogP contribution in [0.15, 0.2) is 90.0 Å². The number of nitrogens with one attached hydrogen (secondary N) is 1. The third-order valence-corrected chi connectivity index (χ3v) is 11.9.